The second kappa shape index (κ2) is 11.9. The van der Waals surface area contributed by atoms with Crippen molar-refractivity contribution in [3.63, 3.8) is 0 Å². The Hall–Kier alpha value is -0.640. The third kappa shape index (κ3) is 6.23. The molecule has 0 atom stereocenters. The molecule has 122 valence electrons. The lowest BCUT2D eigenvalue weighted by atomic mass is 10.4. The molecule has 0 aliphatic carbocycles. The van der Waals surface area contributed by atoms with Gasteiger partial charge in [0.15, 0.2) is 0 Å². The molecule has 0 radical (unpaired) electrons. The molecule has 0 fully saturated rings. The smallest absolute Gasteiger partial charge is 0.274 e. The van der Waals surface area contributed by atoms with Crippen molar-refractivity contribution in [2.75, 3.05) is 23.7 Å². The molecule has 2 heterocycles. The highest BCUT2D eigenvalue weighted by Crippen LogP contribution is 1.99. The largest absolute Gasteiger partial charge is 1.00 e. The quantitative estimate of drug-likeness (QED) is 0.218. The SMILES string of the molecule is CC[n+]1ccccc1NCCNc1cccc[n+]1CC.[I-].[I-]. The van der Waals surface area contributed by atoms with Crippen molar-refractivity contribution < 1.29 is 57.1 Å². The van der Waals surface area contributed by atoms with Gasteiger partial charge in [-0.05, 0) is 26.0 Å². The average Bonchev–Trinajstić information content (AvgIpc) is 2.52. The van der Waals surface area contributed by atoms with Gasteiger partial charge < -0.3 is 48.0 Å². The number of nitrogens with zero attached hydrogens (tertiary/aromatic N) is 2. The van der Waals surface area contributed by atoms with Crippen LogP contribution in [0.15, 0.2) is 48.8 Å². The normalized spacial score (nSPS) is 9.36. The molecule has 0 saturated heterocycles. The minimum atomic E-state index is 0. The molecular weight excluding hydrogens is 502 g/mol. The van der Waals surface area contributed by atoms with Crippen LogP contribution in [0.3, 0.4) is 0 Å². The molecule has 0 amide bonds. The van der Waals surface area contributed by atoms with Crippen LogP contribution in [-0.4, -0.2) is 13.1 Å². The number of aromatic nitrogens is 2. The van der Waals surface area contributed by atoms with Crippen LogP contribution >= 0.6 is 0 Å². The first kappa shape index (κ1) is 21.4. The van der Waals surface area contributed by atoms with Gasteiger partial charge in [-0.3, -0.25) is 10.6 Å². The van der Waals surface area contributed by atoms with Crippen molar-refractivity contribution in [3.8, 4) is 0 Å². The van der Waals surface area contributed by atoms with E-state index in [0.29, 0.717) is 0 Å². The van der Waals surface area contributed by atoms with E-state index in [9.17, 15) is 0 Å². The maximum atomic E-state index is 3.46. The highest BCUT2D eigenvalue weighted by molar-refractivity contribution is 5.30. The van der Waals surface area contributed by atoms with Crippen LogP contribution in [-0.2, 0) is 13.1 Å². The molecule has 6 heteroatoms. The standard InChI is InChI=1S/C16H22N4.2HI/c1-3-19-13-7-5-9-15(19)17-11-12-18-16-10-6-8-14-20(16)4-2;;/h5-10,13-14H,3-4,11-12H2,1-2H3;2*1H. The van der Waals surface area contributed by atoms with E-state index in [0.717, 1.165) is 37.8 Å². The van der Waals surface area contributed by atoms with E-state index in [2.05, 4.69) is 82.4 Å². The number of pyridine rings is 2. The van der Waals surface area contributed by atoms with Gasteiger partial charge in [0.2, 0.25) is 0 Å². The fourth-order valence-corrected chi connectivity index (χ4v) is 2.21. The predicted octanol–water partition coefficient (Wildman–Crippen LogP) is -4.17. The monoisotopic (exact) mass is 526 g/mol. The van der Waals surface area contributed by atoms with E-state index in [-0.39, 0.29) is 48.0 Å². The molecule has 22 heavy (non-hydrogen) atoms. The van der Waals surface area contributed by atoms with Gasteiger partial charge >= 0.3 is 0 Å². The maximum absolute atomic E-state index is 3.46. The van der Waals surface area contributed by atoms with Crippen LogP contribution < -0.4 is 67.7 Å². The molecule has 2 aromatic heterocycles. The van der Waals surface area contributed by atoms with Crippen molar-refractivity contribution in [3.05, 3.63) is 48.8 Å². The minimum absolute atomic E-state index is 0. The number of rotatable bonds is 7. The van der Waals surface area contributed by atoms with Crippen molar-refractivity contribution in [2.24, 2.45) is 0 Å². The summed E-state index contributed by atoms with van der Waals surface area (Å²) in [6, 6.07) is 12.5. The first-order valence-electron chi connectivity index (χ1n) is 7.29. The Bertz CT molecular complexity index is 500. The van der Waals surface area contributed by atoms with E-state index in [4.69, 9.17) is 0 Å². The first-order valence-corrected chi connectivity index (χ1v) is 7.29. The summed E-state index contributed by atoms with van der Waals surface area (Å²) in [6.07, 6.45) is 4.19. The summed E-state index contributed by atoms with van der Waals surface area (Å²) in [5.41, 5.74) is 0. The Morgan fingerprint density at radius 2 is 1.14 bits per heavy atom. The summed E-state index contributed by atoms with van der Waals surface area (Å²) >= 11 is 0. The van der Waals surface area contributed by atoms with Crippen LogP contribution in [0.5, 0.6) is 0 Å². The highest BCUT2D eigenvalue weighted by atomic mass is 127. The van der Waals surface area contributed by atoms with Gasteiger partial charge in [-0.15, -0.1) is 0 Å². The molecule has 0 bridgehead atoms. The summed E-state index contributed by atoms with van der Waals surface area (Å²) in [5, 5.41) is 6.93. The highest BCUT2D eigenvalue weighted by Gasteiger charge is 2.08. The van der Waals surface area contributed by atoms with Gasteiger partial charge in [0.1, 0.15) is 13.1 Å². The zero-order chi connectivity index (χ0) is 14.2. The number of hydrogen-bond acceptors (Lipinski definition) is 2. The van der Waals surface area contributed by atoms with E-state index < -0.39 is 0 Å². The number of nitrogens with one attached hydrogen (secondary N) is 2. The number of aryl methyl sites for hydroxylation is 2. The van der Waals surface area contributed by atoms with Crippen molar-refractivity contribution in [1.29, 1.82) is 0 Å². The molecule has 0 unspecified atom stereocenters. The lowest BCUT2D eigenvalue weighted by Gasteiger charge is -2.06. The van der Waals surface area contributed by atoms with Crippen LogP contribution in [0.1, 0.15) is 13.8 Å². The van der Waals surface area contributed by atoms with Crippen molar-refractivity contribution >= 4 is 11.6 Å². The molecule has 0 aliphatic rings. The molecule has 2 rings (SSSR count). The lowest BCUT2D eigenvalue weighted by molar-refractivity contribution is -0.680. The Morgan fingerprint density at radius 3 is 1.50 bits per heavy atom. The second-order valence-corrected chi connectivity index (χ2v) is 4.60. The molecule has 2 aromatic rings. The van der Waals surface area contributed by atoms with E-state index in [1.54, 1.807) is 0 Å². The summed E-state index contributed by atoms with van der Waals surface area (Å²) in [4.78, 5) is 0. The molecule has 0 aliphatic heterocycles. The van der Waals surface area contributed by atoms with Gasteiger partial charge in [-0.25, -0.2) is 9.13 Å². The molecule has 2 N–H and O–H groups in total. The maximum Gasteiger partial charge on any atom is 0.274 e. The van der Waals surface area contributed by atoms with Crippen LogP contribution in [0.4, 0.5) is 11.6 Å². The predicted molar refractivity (Wildman–Crippen MR) is 81.6 cm³/mol. The van der Waals surface area contributed by atoms with Crippen LogP contribution in [0.25, 0.3) is 0 Å². The molecule has 4 nitrogen and oxygen atoms in total. The van der Waals surface area contributed by atoms with Gasteiger partial charge in [0.25, 0.3) is 11.6 Å². The summed E-state index contributed by atoms with van der Waals surface area (Å²) in [5.74, 6) is 2.32. The van der Waals surface area contributed by atoms with Crippen LogP contribution in [0, 0.1) is 0 Å². The number of hydrogen-bond donors (Lipinski definition) is 2. The summed E-state index contributed by atoms with van der Waals surface area (Å²) in [6.45, 7) is 8.04. The third-order valence-electron chi connectivity index (χ3n) is 3.30. The van der Waals surface area contributed by atoms with E-state index in [1.807, 2.05) is 0 Å². The van der Waals surface area contributed by atoms with Gasteiger partial charge in [0, 0.05) is 12.1 Å². The Morgan fingerprint density at radius 1 is 0.727 bits per heavy atom. The Labute approximate surface area is 167 Å². The topological polar surface area (TPSA) is 31.8 Å². The van der Waals surface area contributed by atoms with Gasteiger partial charge in [0.05, 0.1) is 25.5 Å². The zero-order valence-corrected chi connectivity index (χ0v) is 17.4. The molecule has 0 spiro atoms. The fraction of sp³-hybridized carbons (Fsp3) is 0.375. The van der Waals surface area contributed by atoms with Crippen LogP contribution in [0.2, 0.25) is 0 Å². The van der Waals surface area contributed by atoms with Crippen molar-refractivity contribution in [1.82, 2.24) is 0 Å². The zero-order valence-electron chi connectivity index (χ0n) is 13.1. The van der Waals surface area contributed by atoms with Gasteiger partial charge in [-0.2, -0.15) is 0 Å². The molecule has 0 saturated carbocycles. The summed E-state index contributed by atoms with van der Waals surface area (Å²) < 4.78 is 4.41. The Balaban J connectivity index is 0.00000220. The Kier molecular flexibility index (Phi) is 11.5. The third-order valence-corrected chi connectivity index (χ3v) is 3.30. The average molecular weight is 526 g/mol. The van der Waals surface area contributed by atoms with Gasteiger partial charge in [-0.1, -0.05) is 12.1 Å². The minimum Gasteiger partial charge on any atom is -1.00 e. The summed E-state index contributed by atoms with van der Waals surface area (Å²) in [7, 11) is 0. The van der Waals surface area contributed by atoms with Crippen molar-refractivity contribution in [2.45, 2.75) is 26.9 Å². The fourth-order valence-electron chi connectivity index (χ4n) is 2.21. The number of halogens is 2. The lowest BCUT2D eigenvalue weighted by Crippen LogP contribution is -3.00. The molecular formula is C16H24I2N4. The number of anilines is 2. The first-order chi connectivity index (χ1) is 9.85. The van der Waals surface area contributed by atoms with E-state index in [1.165, 1.54) is 0 Å². The second-order valence-electron chi connectivity index (χ2n) is 4.60. The van der Waals surface area contributed by atoms with E-state index >= 15 is 0 Å². The molecule has 0 aromatic carbocycles.